The van der Waals surface area contributed by atoms with Crippen molar-refractivity contribution in [3.8, 4) is 0 Å². The second-order valence-electron chi connectivity index (χ2n) is 4.83. The number of nitrogens with two attached hydrogens (primary N) is 1. The van der Waals surface area contributed by atoms with E-state index in [2.05, 4.69) is 37.4 Å². The van der Waals surface area contributed by atoms with Crippen molar-refractivity contribution in [3.63, 3.8) is 0 Å². The van der Waals surface area contributed by atoms with Crippen LogP contribution in [0.4, 0.5) is 0 Å². The summed E-state index contributed by atoms with van der Waals surface area (Å²) in [4.78, 5) is 2.52. The molecule has 0 unspecified atom stereocenters. The maximum Gasteiger partial charge on any atom is 0.0165 e. The van der Waals surface area contributed by atoms with Gasteiger partial charge in [-0.2, -0.15) is 11.8 Å². The Labute approximate surface area is 92.6 Å². The standard InChI is InChI=1S/C11H24N2S/c1-4-10(12)9-13-6-5-11(2,3)14-8-7-13/h10H,4-9,12H2,1-3H3/t10-/m0/s1. The van der Waals surface area contributed by atoms with Gasteiger partial charge < -0.3 is 10.6 Å². The van der Waals surface area contributed by atoms with Crippen LogP contribution in [0.1, 0.15) is 33.6 Å². The molecule has 0 aromatic heterocycles. The molecule has 1 rings (SSSR count). The van der Waals surface area contributed by atoms with Gasteiger partial charge in [0.05, 0.1) is 0 Å². The van der Waals surface area contributed by atoms with Gasteiger partial charge in [0.15, 0.2) is 0 Å². The molecule has 0 radical (unpaired) electrons. The fraction of sp³-hybridized carbons (Fsp3) is 1.00. The minimum Gasteiger partial charge on any atom is -0.327 e. The van der Waals surface area contributed by atoms with E-state index in [0.29, 0.717) is 10.8 Å². The second kappa shape index (κ2) is 5.38. The number of hydrogen-bond donors (Lipinski definition) is 1. The zero-order valence-electron chi connectivity index (χ0n) is 9.75. The highest BCUT2D eigenvalue weighted by atomic mass is 32.2. The van der Waals surface area contributed by atoms with Gasteiger partial charge in [-0.15, -0.1) is 0 Å². The third kappa shape index (κ3) is 4.20. The fourth-order valence-corrected chi connectivity index (χ4v) is 2.84. The molecule has 1 aliphatic heterocycles. The van der Waals surface area contributed by atoms with Crippen molar-refractivity contribution in [3.05, 3.63) is 0 Å². The molecule has 0 aliphatic carbocycles. The monoisotopic (exact) mass is 216 g/mol. The highest BCUT2D eigenvalue weighted by Crippen LogP contribution is 2.30. The molecule has 2 N–H and O–H groups in total. The summed E-state index contributed by atoms with van der Waals surface area (Å²) in [5.74, 6) is 1.25. The Balaban J connectivity index is 2.35. The lowest BCUT2D eigenvalue weighted by atomic mass is 10.1. The lowest BCUT2D eigenvalue weighted by Crippen LogP contribution is -2.38. The quantitative estimate of drug-likeness (QED) is 0.782. The summed E-state index contributed by atoms with van der Waals surface area (Å²) in [7, 11) is 0. The zero-order valence-corrected chi connectivity index (χ0v) is 10.6. The highest BCUT2D eigenvalue weighted by Gasteiger charge is 2.23. The molecule has 0 amide bonds. The Morgan fingerprint density at radius 1 is 1.43 bits per heavy atom. The third-order valence-corrected chi connectivity index (χ3v) is 4.32. The smallest absolute Gasteiger partial charge is 0.0165 e. The van der Waals surface area contributed by atoms with Crippen LogP contribution < -0.4 is 5.73 Å². The molecule has 0 aromatic rings. The van der Waals surface area contributed by atoms with Crippen LogP contribution in [0.2, 0.25) is 0 Å². The molecule has 0 spiro atoms. The first-order chi connectivity index (χ1) is 6.53. The first-order valence-electron chi connectivity index (χ1n) is 5.65. The van der Waals surface area contributed by atoms with Gasteiger partial charge in [0.1, 0.15) is 0 Å². The normalized spacial score (nSPS) is 25.7. The molecular formula is C11H24N2S. The SMILES string of the molecule is CC[C@H](N)CN1CCSC(C)(C)CC1. The summed E-state index contributed by atoms with van der Waals surface area (Å²) in [6, 6.07) is 0.362. The number of thioether (sulfide) groups is 1. The molecule has 1 fully saturated rings. The molecule has 14 heavy (non-hydrogen) atoms. The Morgan fingerprint density at radius 3 is 2.79 bits per heavy atom. The minimum absolute atomic E-state index is 0.362. The van der Waals surface area contributed by atoms with Gasteiger partial charge in [-0.25, -0.2) is 0 Å². The Morgan fingerprint density at radius 2 is 2.14 bits per heavy atom. The molecule has 1 saturated heterocycles. The summed E-state index contributed by atoms with van der Waals surface area (Å²) in [5, 5.41) is 0. The van der Waals surface area contributed by atoms with Gasteiger partial charge in [0, 0.05) is 29.6 Å². The Hall–Kier alpha value is 0.270. The topological polar surface area (TPSA) is 29.3 Å². The summed E-state index contributed by atoms with van der Waals surface area (Å²) >= 11 is 2.10. The van der Waals surface area contributed by atoms with E-state index in [1.54, 1.807) is 0 Å². The van der Waals surface area contributed by atoms with Crippen LogP contribution in [0.3, 0.4) is 0 Å². The second-order valence-corrected chi connectivity index (χ2v) is 6.63. The molecule has 1 heterocycles. The summed E-state index contributed by atoms with van der Waals surface area (Å²) in [5.41, 5.74) is 5.97. The van der Waals surface area contributed by atoms with Gasteiger partial charge in [0.2, 0.25) is 0 Å². The van der Waals surface area contributed by atoms with E-state index < -0.39 is 0 Å². The van der Waals surface area contributed by atoms with E-state index in [9.17, 15) is 0 Å². The average molecular weight is 216 g/mol. The van der Waals surface area contributed by atoms with Crippen molar-refractivity contribution >= 4 is 11.8 Å². The maximum absolute atomic E-state index is 5.97. The van der Waals surface area contributed by atoms with Crippen molar-refractivity contribution in [1.29, 1.82) is 0 Å². The minimum atomic E-state index is 0.362. The van der Waals surface area contributed by atoms with Crippen LogP contribution in [-0.2, 0) is 0 Å². The molecule has 0 saturated carbocycles. The molecule has 2 nitrogen and oxygen atoms in total. The average Bonchev–Trinajstić information content (AvgIpc) is 2.28. The molecule has 1 aliphatic rings. The summed E-state index contributed by atoms with van der Waals surface area (Å²) in [6.45, 7) is 10.4. The fourth-order valence-electron chi connectivity index (χ4n) is 1.71. The first kappa shape index (κ1) is 12.3. The number of rotatable bonds is 3. The van der Waals surface area contributed by atoms with Crippen molar-refractivity contribution in [1.82, 2.24) is 4.90 Å². The van der Waals surface area contributed by atoms with E-state index in [1.807, 2.05) is 0 Å². The summed E-state index contributed by atoms with van der Waals surface area (Å²) in [6.07, 6.45) is 2.38. The molecule has 0 bridgehead atoms. The van der Waals surface area contributed by atoms with Crippen LogP contribution in [0.15, 0.2) is 0 Å². The van der Waals surface area contributed by atoms with E-state index in [1.165, 1.54) is 25.3 Å². The predicted octanol–water partition coefficient (Wildman–Crippen LogP) is 1.94. The van der Waals surface area contributed by atoms with E-state index in [4.69, 9.17) is 5.73 Å². The highest BCUT2D eigenvalue weighted by molar-refractivity contribution is 8.00. The molecule has 3 heteroatoms. The lowest BCUT2D eigenvalue weighted by Gasteiger charge is -2.24. The van der Waals surface area contributed by atoms with Crippen LogP contribution in [-0.4, -0.2) is 41.1 Å². The third-order valence-electron chi connectivity index (χ3n) is 2.95. The lowest BCUT2D eigenvalue weighted by molar-refractivity contribution is 0.264. The molecular weight excluding hydrogens is 192 g/mol. The van der Waals surface area contributed by atoms with Gasteiger partial charge >= 0.3 is 0 Å². The van der Waals surface area contributed by atoms with E-state index in [-0.39, 0.29) is 0 Å². The molecule has 1 atom stereocenters. The number of hydrogen-bond acceptors (Lipinski definition) is 3. The van der Waals surface area contributed by atoms with Crippen molar-refractivity contribution < 1.29 is 0 Å². The Bertz CT molecular complexity index is 171. The predicted molar refractivity (Wildman–Crippen MR) is 65.9 cm³/mol. The number of nitrogens with zero attached hydrogens (tertiary/aromatic N) is 1. The summed E-state index contributed by atoms with van der Waals surface area (Å²) < 4.78 is 0.463. The largest absolute Gasteiger partial charge is 0.327 e. The van der Waals surface area contributed by atoms with Gasteiger partial charge in [-0.3, -0.25) is 0 Å². The zero-order chi connectivity index (χ0) is 10.6. The van der Waals surface area contributed by atoms with Crippen molar-refractivity contribution in [2.45, 2.75) is 44.4 Å². The van der Waals surface area contributed by atoms with Crippen LogP contribution in [0, 0.1) is 0 Å². The molecule has 0 aromatic carbocycles. The first-order valence-corrected chi connectivity index (χ1v) is 6.64. The van der Waals surface area contributed by atoms with E-state index >= 15 is 0 Å². The van der Waals surface area contributed by atoms with Crippen LogP contribution in [0.5, 0.6) is 0 Å². The van der Waals surface area contributed by atoms with Gasteiger partial charge in [-0.05, 0) is 19.4 Å². The molecule has 84 valence electrons. The van der Waals surface area contributed by atoms with Crippen molar-refractivity contribution in [2.24, 2.45) is 5.73 Å². The van der Waals surface area contributed by atoms with Crippen LogP contribution in [0.25, 0.3) is 0 Å². The van der Waals surface area contributed by atoms with E-state index in [0.717, 1.165) is 13.0 Å². The van der Waals surface area contributed by atoms with Crippen LogP contribution >= 0.6 is 11.8 Å². The van der Waals surface area contributed by atoms with Gasteiger partial charge in [0.25, 0.3) is 0 Å². The Kier molecular flexibility index (Phi) is 4.74. The maximum atomic E-state index is 5.97. The van der Waals surface area contributed by atoms with Gasteiger partial charge in [-0.1, -0.05) is 20.8 Å². The van der Waals surface area contributed by atoms with Crippen molar-refractivity contribution in [2.75, 3.05) is 25.4 Å².